The maximum Gasteiger partial charge on any atom is 0.249 e. The number of H-pyrrole nitrogens is 1. The number of pyridine rings is 1. The van der Waals surface area contributed by atoms with Crippen molar-refractivity contribution in [1.29, 1.82) is 0 Å². The zero-order chi connectivity index (χ0) is 12.1. The lowest BCUT2D eigenvalue weighted by Crippen LogP contribution is -2.04. The van der Waals surface area contributed by atoms with E-state index in [1.807, 2.05) is 54.8 Å². The van der Waals surface area contributed by atoms with Crippen LogP contribution in [0.5, 0.6) is 0 Å². The molecule has 0 amide bonds. The van der Waals surface area contributed by atoms with Gasteiger partial charge in [0, 0.05) is 6.07 Å². The van der Waals surface area contributed by atoms with E-state index in [1.165, 1.54) is 11.8 Å². The predicted octanol–water partition coefficient (Wildman–Crippen LogP) is 3.27. The minimum absolute atomic E-state index is 0.0652. The number of thioether (sulfide) groups is 1. The maximum atomic E-state index is 11.4. The fraction of sp³-hybridized carbons (Fsp3) is 0.0714. The van der Waals surface area contributed by atoms with E-state index in [0.717, 1.165) is 16.2 Å². The van der Waals surface area contributed by atoms with Gasteiger partial charge in [-0.1, -0.05) is 42.5 Å². The molecule has 0 spiro atoms. The molecule has 0 unspecified atom stereocenters. The summed E-state index contributed by atoms with van der Waals surface area (Å²) in [6, 6.07) is 13.6. The molecule has 0 saturated carbocycles. The number of hydrogen-bond acceptors (Lipinski definition) is 2. The van der Waals surface area contributed by atoms with Crippen LogP contribution in [0.1, 0.15) is 11.1 Å². The van der Waals surface area contributed by atoms with Crippen LogP contribution in [0.15, 0.2) is 52.3 Å². The van der Waals surface area contributed by atoms with Crippen molar-refractivity contribution in [2.45, 2.75) is 5.03 Å². The number of rotatable bonds is 3. The molecular formula is C14H13NOS. The van der Waals surface area contributed by atoms with Gasteiger partial charge in [0.15, 0.2) is 0 Å². The van der Waals surface area contributed by atoms with Crippen molar-refractivity contribution in [3.8, 4) is 0 Å². The number of nitrogens with one attached hydrogen (secondary N) is 1. The quantitative estimate of drug-likeness (QED) is 0.839. The molecule has 2 rings (SSSR count). The molecule has 17 heavy (non-hydrogen) atoms. The average Bonchev–Trinajstić information content (AvgIpc) is 2.37. The standard InChI is InChI=1S/C14H13NOS/c1-17-14-10-12(9-13(16)15-14)8-7-11-5-3-2-4-6-11/h2-10H,1H3,(H,15,16)/b8-7+. The Balaban J connectivity index is 2.27. The van der Waals surface area contributed by atoms with E-state index in [1.54, 1.807) is 6.07 Å². The van der Waals surface area contributed by atoms with Crippen molar-refractivity contribution in [3.05, 3.63) is 63.9 Å². The van der Waals surface area contributed by atoms with Crippen LogP contribution in [0.4, 0.5) is 0 Å². The maximum absolute atomic E-state index is 11.4. The third kappa shape index (κ3) is 3.36. The second kappa shape index (κ2) is 5.55. The second-order valence-corrected chi connectivity index (χ2v) is 4.44. The molecule has 0 radical (unpaired) electrons. The topological polar surface area (TPSA) is 32.9 Å². The van der Waals surface area contributed by atoms with Crippen LogP contribution in [-0.4, -0.2) is 11.2 Å². The van der Waals surface area contributed by atoms with E-state index >= 15 is 0 Å². The Morgan fingerprint density at radius 2 is 1.76 bits per heavy atom. The summed E-state index contributed by atoms with van der Waals surface area (Å²) in [5.74, 6) is 0. The summed E-state index contributed by atoms with van der Waals surface area (Å²) in [4.78, 5) is 14.1. The minimum Gasteiger partial charge on any atom is -0.317 e. The lowest BCUT2D eigenvalue weighted by Gasteiger charge is -1.98. The highest BCUT2D eigenvalue weighted by Gasteiger charge is 1.95. The van der Waals surface area contributed by atoms with Gasteiger partial charge in [0.1, 0.15) is 0 Å². The lowest BCUT2D eigenvalue weighted by molar-refractivity contribution is 1.08. The Hall–Kier alpha value is -1.74. The number of aromatic nitrogens is 1. The lowest BCUT2D eigenvalue weighted by atomic mass is 10.1. The summed E-state index contributed by atoms with van der Waals surface area (Å²) >= 11 is 1.53. The highest BCUT2D eigenvalue weighted by Crippen LogP contribution is 2.13. The van der Waals surface area contributed by atoms with Crippen LogP contribution in [0.3, 0.4) is 0 Å². The number of aromatic amines is 1. The Bertz CT molecular complexity index is 572. The van der Waals surface area contributed by atoms with Crippen LogP contribution >= 0.6 is 11.8 Å². The van der Waals surface area contributed by atoms with Crippen LogP contribution in [-0.2, 0) is 0 Å². The van der Waals surface area contributed by atoms with Gasteiger partial charge in [-0.2, -0.15) is 0 Å². The van der Waals surface area contributed by atoms with Gasteiger partial charge < -0.3 is 4.98 Å². The Labute approximate surface area is 104 Å². The molecule has 0 aliphatic carbocycles. The van der Waals surface area contributed by atoms with Crippen molar-refractivity contribution in [2.75, 3.05) is 6.26 Å². The molecule has 1 aromatic heterocycles. The molecule has 0 fully saturated rings. The smallest absolute Gasteiger partial charge is 0.249 e. The van der Waals surface area contributed by atoms with Crippen molar-refractivity contribution >= 4 is 23.9 Å². The first-order chi connectivity index (χ1) is 8.28. The SMILES string of the molecule is CSc1cc(/C=C/c2ccccc2)cc(=O)[nH]1. The summed E-state index contributed by atoms with van der Waals surface area (Å²) < 4.78 is 0. The highest BCUT2D eigenvalue weighted by atomic mass is 32.2. The van der Waals surface area contributed by atoms with E-state index in [9.17, 15) is 4.79 Å². The fourth-order valence-electron chi connectivity index (χ4n) is 1.50. The molecule has 1 heterocycles. The minimum atomic E-state index is -0.0652. The largest absolute Gasteiger partial charge is 0.317 e. The molecule has 0 atom stereocenters. The van der Waals surface area contributed by atoms with E-state index in [2.05, 4.69) is 4.98 Å². The highest BCUT2D eigenvalue weighted by molar-refractivity contribution is 7.98. The molecule has 2 nitrogen and oxygen atoms in total. The summed E-state index contributed by atoms with van der Waals surface area (Å²) in [5, 5.41) is 0.880. The molecule has 86 valence electrons. The van der Waals surface area contributed by atoms with E-state index in [-0.39, 0.29) is 5.56 Å². The molecule has 2 aromatic rings. The molecular weight excluding hydrogens is 230 g/mol. The molecule has 1 N–H and O–H groups in total. The van der Waals surface area contributed by atoms with Crippen LogP contribution in [0.2, 0.25) is 0 Å². The van der Waals surface area contributed by atoms with Crippen LogP contribution in [0, 0.1) is 0 Å². The van der Waals surface area contributed by atoms with Crippen LogP contribution < -0.4 is 5.56 Å². The van der Waals surface area contributed by atoms with Gasteiger partial charge in [0.05, 0.1) is 5.03 Å². The molecule has 0 aliphatic heterocycles. The summed E-state index contributed by atoms with van der Waals surface area (Å²) in [7, 11) is 0. The monoisotopic (exact) mass is 243 g/mol. The molecule has 1 aromatic carbocycles. The first kappa shape index (κ1) is 11.7. The van der Waals surface area contributed by atoms with E-state index in [4.69, 9.17) is 0 Å². The van der Waals surface area contributed by atoms with Crippen molar-refractivity contribution < 1.29 is 0 Å². The normalized spacial score (nSPS) is 10.9. The third-order valence-electron chi connectivity index (χ3n) is 2.33. The fourth-order valence-corrected chi connectivity index (χ4v) is 1.96. The van der Waals surface area contributed by atoms with E-state index < -0.39 is 0 Å². The van der Waals surface area contributed by atoms with Gasteiger partial charge in [-0.05, 0) is 23.4 Å². The van der Waals surface area contributed by atoms with Gasteiger partial charge in [0.2, 0.25) is 5.56 Å². The Kier molecular flexibility index (Phi) is 3.83. The van der Waals surface area contributed by atoms with Crippen molar-refractivity contribution in [3.63, 3.8) is 0 Å². The van der Waals surface area contributed by atoms with Crippen molar-refractivity contribution in [1.82, 2.24) is 4.98 Å². The van der Waals surface area contributed by atoms with Gasteiger partial charge in [0.25, 0.3) is 0 Å². The van der Waals surface area contributed by atoms with Gasteiger partial charge in [-0.15, -0.1) is 11.8 Å². The molecule has 0 saturated heterocycles. The number of hydrogen-bond donors (Lipinski definition) is 1. The molecule has 0 aliphatic rings. The van der Waals surface area contributed by atoms with Gasteiger partial charge in [-0.3, -0.25) is 4.79 Å². The predicted molar refractivity (Wildman–Crippen MR) is 74.2 cm³/mol. The van der Waals surface area contributed by atoms with Gasteiger partial charge >= 0.3 is 0 Å². The average molecular weight is 243 g/mol. The second-order valence-electron chi connectivity index (χ2n) is 3.59. The van der Waals surface area contributed by atoms with Crippen LogP contribution in [0.25, 0.3) is 12.2 Å². The van der Waals surface area contributed by atoms with Gasteiger partial charge in [-0.25, -0.2) is 0 Å². The summed E-state index contributed by atoms with van der Waals surface area (Å²) in [6.45, 7) is 0. The van der Waals surface area contributed by atoms with E-state index in [0.29, 0.717) is 0 Å². The summed E-state index contributed by atoms with van der Waals surface area (Å²) in [5.41, 5.74) is 1.98. The Morgan fingerprint density at radius 1 is 1.06 bits per heavy atom. The first-order valence-electron chi connectivity index (χ1n) is 5.29. The molecule has 0 bridgehead atoms. The first-order valence-corrected chi connectivity index (χ1v) is 6.52. The zero-order valence-electron chi connectivity index (χ0n) is 9.51. The Morgan fingerprint density at radius 3 is 2.47 bits per heavy atom. The zero-order valence-corrected chi connectivity index (χ0v) is 10.3. The summed E-state index contributed by atoms with van der Waals surface area (Å²) in [6.07, 6.45) is 5.89. The molecule has 3 heteroatoms. The number of benzene rings is 1. The van der Waals surface area contributed by atoms with Crippen molar-refractivity contribution in [2.24, 2.45) is 0 Å². The third-order valence-corrected chi connectivity index (χ3v) is 2.99.